The fourth-order valence-electron chi connectivity index (χ4n) is 3.50. The van der Waals surface area contributed by atoms with Crippen LogP contribution in [-0.2, 0) is 20.1 Å². The molecule has 3 aromatic heterocycles. The first-order chi connectivity index (χ1) is 16.6. The minimum absolute atomic E-state index is 0.0225. The first kappa shape index (κ1) is 24.5. The minimum atomic E-state index is -3.33. The molecular weight excluding hydrogens is 484 g/mol. The van der Waals surface area contributed by atoms with Crippen molar-refractivity contribution in [3.05, 3.63) is 61.2 Å². The lowest BCUT2D eigenvalue weighted by Crippen LogP contribution is -2.39. The van der Waals surface area contributed by atoms with E-state index in [1.54, 1.807) is 6.20 Å². The number of fused-ring (bicyclic) bond motifs is 1. The number of aryl methyl sites for hydroxylation is 2. The van der Waals surface area contributed by atoms with E-state index in [2.05, 4.69) is 14.7 Å². The number of alkyl halides is 2. The predicted molar refractivity (Wildman–Crippen MR) is 125 cm³/mol. The molecule has 1 aromatic carbocycles. The van der Waals surface area contributed by atoms with Crippen LogP contribution in [0.2, 0.25) is 0 Å². The quantitative estimate of drug-likeness (QED) is 0.371. The maximum atomic E-state index is 13.3. The molecule has 0 spiro atoms. The molecule has 0 saturated heterocycles. The fraction of sp³-hybridized carbons (Fsp3) is 0.364. The van der Waals surface area contributed by atoms with Gasteiger partial charge >= 0.3 is 17.8 Å². The summed E-state index contributed by atoms with van der Waals surface area (Å²) < 4.78 is 40.5. The number of aliphatic hydroxyl groups excluding tert-OH is 1. The Morgan fingerprint density at radius 3 is 2.43 bits per heavy atom. The van der Waals surface area contributed by atoms with Gasteiger partial charge in [-0.3, -0.25) is 18.5 Å². The van der Waals surface area contributed by atoms with Gasteiger partial charge in [0.15, 0.2) is 11.2 Å². The van der Waals surface area contributed by atoms with Crippen molar-refractivity contribution in [2.24, 2.45) is 7.05 Å². The number of hydrogen-bond donors (Lipinski definition) is 1. The maximum absolute atomic E-state index is 13.3. The van der Waals surface area contributed by atoms with Gasteiger partial charge in [0.05, 0.1) is 6.54 Å². The van der Waals surface area contributed by atoms with Crippen LogP contribution in [0.25, 0.3) is 11.2 Å². The minimum Gasteiger partial charge on any atom is -0.433 e. The van der Waals surface area contributed by atoms with Crippen LogP contribution < -0.4 is 20.7 Å². The normalized spacial score (nSPS) is 11.8. The number of halogens is 2. The standard InChI is InChI=1S/C22H23F2N5O5S/c1-13-11-25-16(35-13)12-29-17-18(27(3)21(32)28(19(17)31)9-4-10-30)26-20(29)33-14-5-7-15(8-6-14)34-22(2,23)24/h5-8,11,30H,4,9-10,12H2,1-3H3. The summed E-state index contributed by atoms with van der Waals surface area (Å²) in [7, 11) is 1.49. The van der Waals surface area contributed by atoms with E-state index in [9.17, 15) is 23.5 Å². The largest absolute Gasteiger partial charge is 0.433 e. The van der Waals surface area contributed by atoms with Crippen molar-refractivity contribution in [1.82, 2.24) is 23.7 Å². The summed E-state index contributed by atoms with van der Waals surface area (Å²) in [5.74, 6) is 0.208. The van der Waals surface area contributed by atoms with E-state index in [0.29, 0.717) is 11.9 Å². The van der Waals surface area contributed by atoms with Crippen LogP contribution in [-0.4, -0.2) is 41.5 Å². The third-order valence-electron chi connectivity index (χ3n) is 5.03. The summed E-state index contributed by atoms with van der Waals surface area (Å²) in [6, 6.07) is 5.52. The highest BCUT2D eigenvalue weighted by Crippen LogP contribution is 2.29. The van der Waals surface area contributed by atoms with Crippen LogP contribution >= 0.6 is 11.3 Å². The number of imidazole rings is 1. The lowest BCUT2D eigenvalue weighted by molar-refractivity contribution is -0.158. The van der Waals surface area contributed by atoms with E-state index < -0.39 is 17.4 Å². The van der Waals surface area contributed by atoms with Crippen LogP contribution in [0.4, 0.5) is 8.78 Å². The highest BCUT2D eigenvalue weighted by molar-refractivity contribution is 7.11. The van der Waals surface area contributed by atoms with Gasteiger partial charge in [-0.15, -0.1) is 11.3 Å². The summed E-state index contributed by atoms with van der Waals surface area (Å²) in [6.07, 6.45) is -1.39. The highest BCUT2D eigenvalue weighted by atomic mass is 32.1. The summed E-state index contributed by atoms with van der Waals surface area (Å²) in [4.78, 5) is 35.8. The topological polar surface area (TPSA) is 113 Å². The summed E-state index contributed by atoms with van der Waals surface area (Å²) in [5, 5.41) is 9.87. The predicted octanol–water partition coefficient (Wildman–Crippen LogP) is 2.88. The van der Waals surface area contributed by atoms with E-state index in [4.69, 9.17) is 4.74 Å². The third-order valence-corrected chi connectivity index (χ3v) is 5.93. The van der Waals surface area contributed by atoms with Crippen molar-refractivity contribution in [2.45, 2.75) is 39.5 Å². The van der Waals surface area contributed by atoms with Crippen LogP contribution in [0.3, 0.4) is 0 Å². The molecule has 10 nitrogen and oxygen atoms in total. The molecule has 13 heteroatoms. The van der Waals surface area contributed by atoms with Gasteiger partial charge in [-0.25, -0.2) is 9.78 Å². The zero-order valence-corrected chi connectivity index (χ0v) is 20.0. The smallest absolute Gasteiger partial charge is 0.394 e. The second kappa shape index (κ2) is 9.58. The average molecular weight is 508 g/mol. The van der Waals surface area contributed by atoms with Crippen LogP contribution in [0, 0.1) is 6.92 Å². The monoisotopic (exact) mass is 507 g/mol. The summed E-state index contributed by atoms with van der Waals surface area (Å²) >= 11 is 1.43. The molecule has 4 rings (SSSR count). The van der Waals surface area contributed by atoms with Gasteiger partial charge < -0.3 is 14.6 Å². The molecule has 35 heavy (non-hydrogen) atoms. The van der Waals surface area contributed by atoms with Crippen molar-refractivity contribution < 1.29 is 23.4 Å². The van der Waals surface area contributed by atoms with Gasteiger partial charge in [0.25, 0.3) is 5.56 Å². The van der Waals surface area contributed by atoms with Crippen LogP contribution in [0.1, 0.15) is 23.2 Å². The molecule has 0 atom stereocenters. The van der Waals surface area contributed by atoms with Gasteiger partial charge in [0.1, 0.15) is 16.5 Å². The molecule has 0 bridgehead atoms. The zero-order chi connectivity index (χ0) is 25.3. The fourth-order valence-corrected chi connectivity index (χ4v) is 4.28. The van der Waals surface area contributed by atoms with Gasteiger partial charge in [-0.05, 0) is 37.6 Å². The second-order valence-electron chi connectivity index (χ2n) is 7.88. The number of aromatic nitrogens is 5. The maximum Gasteiger partial charge on any atom is 0.394 e. The first-order valence-electron chi connectivity index (χ1n) is 10.6. The van der Waals surface area contributed by atoms with E-state index in [1.165, 1.54) is 51.8 Å². The van der Waals surface area contributed by atoms with E-state index >= 15 is 0 Å². The van der Waals surface area contributed by atoms with Gasteiger partial charge in [-0.2, -0.15) is 13.8 Å². The zero-order valence-electron chi connectivity index (χ0n) is 19.2. The first-order valence-corrected chi connectivity index (χ1v) is 11.5. The molecule has 0 amide bonds. The molecule has 0 aliphatic rings. The molecule has 0 aliphatic heterocycles. The second-order valence-corrected chi connectivity index (χ2v) is 9.20. The number of benzene rings is 1. The molecule has 0 unspecified atom stereocenters. The number of hydrogen-bond acceptors (Lipinski definition) is 8. The van der Waals surface area contributed by atoms with E-state index in [0.717, 1.165) is 9.44 Å². The number of aliphatic hydroxyl groups is 1. The SMILES string of the molecule is Cc1cnc(Cn2c(Oc3ccc(OC(C)(F)F)cc3)nc3c2c(=O)n(CCCO)c(=O)n3C)s1. The Morgan fingerprint density at radius 2 is 1.83 bits per heavy atom. The molecule has 1 N–H and O–H groups in total. The molecule has 0 aliphatic carbocycles. The van der Waals surface area contributed by atoms with Crippen LogP contribution in [0.15, 0.2) is 40.1 Å². The van der Waals surface area contributed by atoms with Crippen molar-refractivity contribution in [2.75, 3.05) is 6.61 Å². The van der Waals surface area contributed by atoms with Crippen molar-refractivity contribution in [3.8, 4) is 17.5 Å². The van der Waals surface area contributed by atoms with Gasteiger partial charge in [-0.1, -0.05) is 0 Å². The summed E-state index contributed by atoms with van der Waals surface area (Å²) in [5.41, 5.74) is -0.882. The Bertz CT molecular complexity index is 1470. The molecule has 4 aromatic rings. The highest BCUT2D eigenvalue weighted by Gasteiger charge is 2.24. The number of nitrogens with zero attached hydrogens (tertiary/aromatic N) is 5. The molecule has 0 fully saturated rings. The van der Waals surface area contributed by atoms with Crippen LogP contribution in [0.5, 0.6) is 17.5 Å². The van der Waals surface area contributed by atoms with E-state index in [1.807, 2.05) is 6.92 Å². The molecule has 186 valence electrons. The van der Waals surface area contributed by atoms with Crippen molar-refractivity contribution in [3.63, 3.8) is 0 Å². The Kier molecular flexibility index (Phi) is 6.72. The molecule has 0 radical (unpaired) electrons. The van der Waals surface area contributed by atoms with E-state index in [-0.39, 0.29) is 54.8 Å². The molecule has 3 heterocycles. The Balaban J connectivity index is 1.82. The number of ether oxygens (including phenoxy) is 2. The molecule has 0 saturated carbocycles. The molecular formula is C22H23F2N5O5S. The van der Waals surface area contributed by atoms with Crippen molar-refractivity contribution in [1.29, 1.82) is 0 Å². The van der Waals surface area contributed by atoms with Gasteiger partial charge in [0.2, 0.25) is 0 Å². The number of rotatable bonds is 9. The summed E-state index contributed by atoms with van der Waals surface area (Å²) in [6.45, 7) is 2.56. The number of thiazole rings is 1. The Hall–Kier alpha value is -3.58. The average Bonchev–Trinajstić information content (AvgIpc) is 3.36. The van der Waals surface area contributed by atoms with Crippen molar-refractivity contribution >= 4 is 22.5 Å². The lowest BCUT2D eigenvalue weighted by Gasteiger charge is -2.13. The lowest BCUT2D eigenvalue weighted by atomic mass is 10.3. The Labute approximate surface area is 201 Å². The Morgan fingerprint density at radius 1 is 1.14 bits per heavy atom. The van der Waals surface area contributed by atoms with Gasteiger partial charge in [0, 0.05) is 38.2 Å². The third kappa shape index (κ3) is 5.25.